The molecule has 1 atom stereocenters. The predicted molar refractivity (Wildman–Crippen MR) is 171 cm³/mol. The normalized spacial score (nSPS) is 14.8. The molecular weight excluding hydrogens is 484 g/mol. The van der Waals surface area contributed by atoms with Crippen LogP contribution in [0.15, 0.2) is 152 Å². The van der Waals surface area contributed by atoms with Crippen molar-refractivity contribution in [3.8, 4) is 5.69 Å². The molecule has 1 aromatic heterocycles. The van der Waals surface area contributed by atoms with E-state index < -0.39 is 0 Å². The number of hydrogen-bond donors (Lipinski definition) is 0. The van der Waals surface area contributed by atoms with Crippen molar-refractivity contribution < 1.29 is 0 Å². The monoisotopic (exact) mass is 514 g/mol. The Labute approximate surface area is 235 Å². The van der Waals surface area contributed by atoms with Crippen LogP contribution in [-0.4, -0.2) is 10.6 Å². The molecule has 1 heterocycles. The minimum atomic E-state index is 0.248. The van der Waals surface area contributed by atoms with Crippen molar-refractivity contribution in [1.29, 1.82) is 0 Å². The SMILES string of the molecule is C=Cc1ccc(-n2c3ccccc3c3cc(C4=CCC(N(c5ccccc5)c5ccccc5)C=C4)ccc32)cc1. The van der Waals surface area contributed by atoms with Crippen molar-refractivity contribution in [1.82, 2.24) is 4.57 Å². The van der Waals surface area contributed by atoms with Gasteiger partial charge in [0.2, 0.25) is 0 Å². The van der Waals surface area contributed by atoms with Gasteiger partial charge in [0.25, 0.3) is 0 Å². The molecule has 1 aliphatic rings. The molecular formula is C38H30N2. The lowest BCUT2D eigenvalue weighted by Crippen LogP contribution is -2.30. The van der Waals surface area contributed by atoms with Crippen LogP contribution in [0.4, 0.5) is 11.4 Å². The largest absolute Gasteiger partial charge is 0.334 e. The topological polar surface area (TPSA) is 8.17 Å². The van der Waals surface area contributed by atoms with Crippen molar-refractivity contribution >= 4 is 44.8 Å². The lowest BCUT2D eigenvalue weighted by molar-refractivity contribution is 0.787. The third kappa shape index (κ3) is 4.24. The summed E-state index contributed by atoms with van der Waals surface area (Å²) in [4.78, 5) is 2.43. The van der Waals surface area contributed by atoms with Gasteiger partial charge in [0.15, 0.2) is 0 Å². The van der Waals surface area contributed by atoms with Crippen LogP contribution in [0, 0.1) is 0 Å². The van der Waals surface area contributed by atoms with E-state index in [1.54, 1.807) is 0 Å². The van der Waals surface area contributed by atoms with Gasteiger partial charge in [-0.1, -0.05) is 104 Å². The van der Waals surface area contributed by atoms with Gasteiger partial charge < -0.3 is 9.47 Å². The van der Waals surface area contributed by atoms with Gasteiger partial charge in [-0.25, -0.2) is 0 Å². The molecule has 2 nitrogen and oxygen atoms in total. The second-order valence-corrected chi connectivity index (χ2v) is 10.2. The minimum absolute atomic E-state index is 0.248. The second kappa shape index (κ2) is 10.2. The molecule has 2 heteroatoms. The number of benzene rings is 5. The Balaban J connectivity index is 1.25. The Bertz CT molecular complexity index is 1830. The quantitative estimate of drug-likeness (QED) is 0.215. The lowest BCUT2D eigenvalue weighted by atomic mass is 9.94. The minimum Gasteiger partial charge on any atom is -0.334 e. The zero-order chi connectivity index (χ0) is 26.9. The Morgan fingerprint density at radius 3 is 1.98 bits per heavy atom. The highest BCUT2D eigenvalue weighted by atomic mass is 15.2. The number of para-hydroxylation sites is 3. The van der Waals surface area contributed by atoms with E-state index in [0.717, 1.165) is 17.7 Å². The number of nitrogens with zero attached hydrogens (tertiary/aromatic N) is 2. The third-order valence-electron chi connectivity index (χ3n) is 7.87. The first kappa shape index (κ1) is 24.0. The van der Waals surface area contributed by atoms with Gasteiger partial charge in [0.1, 0.15) is 0 Å². The maximum absolute atomic E-state index is 3.90. The summed E-state index contributed by atoms with van der Waals surface area (Å²) >= 11 is 0. The molecule has 1 unspecified atom stereocenters. The van der Waals surface area contributed by atoms with Crippen LogP contribution < -0.4 is 4.90 Å². The molecule has 0 spiro atoms. The maximum atomic E-state index is 3.90. The average molecular weight is 515 g/mol. The Kier molecular flexibility index (Phi) is 6.14. The van der Waals surface area contributed by atoms with Crippen LogP contribution in [0.25, 0.3) is 39.1 Å². The van der Waals surface area contributed by atoms with E-state index in [1.165, 1.54) is 44.3 Å². The maximum Gasteiger partial charge on any atom is 0.0560 e. The molecule has 0 saturated carbocycles. The molecule has 0 saturated heterocycles. The molecule has 0 N–H and O–H groups in total. The van der Waals surface area contributed by atoms with Gasteiger partial charge in [-0.15, -0.1) is 0 Å². The summed E-state index contributed by atoms with van der Waals surface area (Å²) in [7, 11) is 0. The highest BCUT2D eigenvalue weighted by Crippen LogP contribution is 2.36. The highest BCUT2D eigenvalue weighted by Gasteiger charge is 2.21. The van der Waals surface area contributed by atoms with E-state index in [9.17, 15) is 0 Å². The first-order chi connectivity index (χ1) is 19.8. The summed E-state index contributed by atoms with van der Waals surface area (Å²) < 4.78 is 2.36. The van der Waals surface area contributed by atoms with E-state index in [1.807, 2.05) is 6.08 Å². The fourth-order valence-electron chi connectivity index (χ4n) is 5.91. The molecule has 7 rings (SSSR count). The molecule has 0 aliphatic heterocycles. The number of allylic oxidation sites excluding steroid dienone is 2. The molecule has 0 amide bonds. The van der Waals surface area contributed by atoms with E-state index in [2.05, 4.69) is 162 Å². The van der Waals surface area contributed by atoms with Gasteiger partial charge in [-0.2, -0.15) is 0 Å². The van der Waals surface area contributed by atoms with E-state index in [0.29, 0.717) is 0 Å². The molecule has 0 fully saturated rings. The molecule has 6 aromatic rings. The Morgan fingerprint density at radius 2 is 1.32 bits per heavy atom. The molecule has 5 aromatic carbocycles. The molecule has 0 radical (unpaired) electrons. The summed E-state index contributed by atoms with van der Waals surface area (Å²) in [5.74, 6) is 0. The molecule has 40 heavy (non-hydrogen) atoms. The Hall–Kier alpha value is -5.08. The number of fused-ring (bicyclic) bond motifs is 3. The van der Waals surface area contributed by atoms with Crippen molar-refractivity contribution in [2.45, 2.75) is 12.5 Å². The van der Waals surface area contributed by atoms with Crippen LogP contribution in [-0.2, 0) is 0 Å². The van der Waals surface area contributed by atoms with Crippen molar-refractivity contribution in [3.63, 3.8) is 0 Å². The molecule has 192 valence electrons. The van der Waals surface area contributed by atoms with Crippen LogP contribution in [0.2, 0.25) is 0 Å². The summed E-state index contributed by atoms with van der Waals surface area (Å²) in [6, 6.07) is 45.8. The van der Waals surface area contributed by atoms with E-state index in [-0.39, 0.29) is 6.04 Å². The van der Waals surface area contributed by atoms with Gasteiger partial charge in [0.05, 0.1) is 17.1 Å². The van der Waals surface area contributed by atoms with Crippen LogP contribution in [0.5, 0.6) is 0 Å². The fraction of sp³-hybridized carbons (Fsp3) is 0.0526. The lowest BCUT2D eigenvalue weighted by Gasteiger charge is -2.33. The van der Waals surface area contributed by atoms with Gasteiger partial charge in [-0.3, -0.25) is 0 Å². The third-order valence-corrected chi connectivity index (χ3v) is 7.87. The summed E-state index contributed by atoms with van der Waals surface area (Å²) in [6.45, 7) is 3.90. The van der Waals surface area contributed by atoms with Gasteiger partial charge in [-0.05, 0) is 77.7 Å². The molecule has 1 aliphatic carbocycles. The summed E-state index contributed by atoms with van der Waals surface area (Å²) in [6.07, 6.45) is 9.85. The summed E-state index contributed by atoms with van der Waals surface area (Å²) in [5, 5.41) is 2.54. The standard InChI is InChI=1S/C38H30N2/c1-2-28-17-22-34(23-18-28)40-37-16-10-9-15-35(37)36-27-30(21-26-38(36)40)29-19-24-33(25-20-29)39(31-11-5-3-6-12-31)32-13-7-4-8-14-32/h2-24,26-27,33H,1,25H2. The molecule has 0 bridgehead atoms. The summed E-state index contributed by atoms with van der Waals surface area (Å²) in [5.41, 5.74) is 9.64. The number of aromatic nitrogens is 1. The number of rotatable bonds is 6. The average Bonchev–Trinajstić information content (AvgIpc) is 3.36. The van der Waals surface area contributed by atoms with Crippen molar-refractivity contribution in [2.24, 2.45) is 0 Å². The second-order valence-electron chi connectivity index (χ2n) is 10.2. The number of hydrogen-bond acceptors (Lipinski definition) is 1. The predicted octanol–water partition coefficient (Wildman–Crippen LogP) is 9.98. The highest BCUT2D eigenvalue weighted by molar-refractivity contribution is 6.10. The van der Waals surface area contributed by atoms with E-state index in [4.69, 9.17) is 0 Å². The zero-order valence-corrected chi connectivity index (χ0v) is 22.3. The van der Waals surface area contributed by atoms with Crippen molar-refractivity contribution in [2.75, 3.05) is 4.90 Å². The van der Waals surface area contributed by atoms with Gasteiger partial charge in [0, 0.05) is 27.8 Å². The fourth-order valence-corrected chi connectivity index (χ4v) is 5.91. The number of anilines is 2. The van der Waals surface area contributed by atoms with Gasteiger partial charge >= 0.3 is 0 Å². The van der Waals surface area contributed by atoms with Crippen LogP contribution >= 0.6 is 0 Å². The van der Waals surface area contributed by atoms with Crippen LogP contribution in [0.1, 0.15) is 17.5 Å². The van der Waals surface area contributed by atoms with E-state index >= 15 is 0 Å². The smallest absolute Gasteiger partial charge is 0.0560 e. The first-order valence-corrected chi connectivity index (χ1v) is 13.8. The Morgan fingerprint density at radius 1 is 0.675 bits per heavy atom. The van der Waals surface area contributed by atoms with Crippen LogP contribution in [0.3, 0.4) is 0 Å². The first-order valence-electron chi connectivity index (χ1n) is 13.8. The van der Waals surface area contributed by atoms with Crippen molar-refractivity contribution in [3.05, 3.63) is 163 Å². The zero-order valence-electron chi connectivity index (χ0n) is 22.3.